The van der Waals surface area contributed by atoms with Gasteiger partial charge in [0.1, 0.15) is 5.75 Å². The summed E-state index contributed by atoms with van der Waals surface area (Å²) in [6, 6.07) is 11.4. The molecule has 2 aromatic rings. The molecule has 0 aromatic heterocycles. The number of fused-ring (bicyclic) bond motifs is 1. The highest BCUT2D eigenvalue weighted by Gasteiger charge is 2.03. The number of hydrogen-bond acceptors (Lipinski definition) is 2. The molecule has 2 aromatic carbocycles. The van der Waals surface area contributed by atoms with Gasteiger partial charge in [0.25, 0.3) is 0 Å². The molecule has 0 saturated heterocycles. The minimum Gasteiger partial charge on any atom is -0.497 e. The molecular formula is C15H17NO2. The molecule has 0 aliphatic rings. The van der Waals surface area contributed by atoms with Gasteiger partial charge in [0, 0.05) is 16.2 Å². The summed E-state index contributed by atoms with van der Waals surface area (Å²) in [6.07, 6.45) is 0.108. The summed E-state index contributed by atoms with van der Waals surface area (Å²) in [6.45, 7) is -0.465. The number of benzene rings is 2. The second-order valence-corrected chi connectivity index (χ2v) is 4.04. The van der Waals surface area contributed by atoms with Gasteiger partial charge < -0.3 is 10.1 Å². The largest absolute Gasteiger partial charge is 0.497 e. The lowest BCUT2D eigenvalue weighted by molar-refractivity contribution is -0.118. The van der Waals surface area contributed by atoms with Gasteiger partial charge >= 0.3 is 0 Å². The Morgan fingerprint density at radius 2 is 2.22 bits per heavy atom. The van der Waals surface area contributed by atoms with Crippen molar-refractivity contribution in [2.45, 2.75) is 13.3 Å². The number of rotatable bonds is 4. The second kappa shape index (κ2) is 5.54. The summed E-state index contributed by atoms with van der Waals surface area (Å²) in [4.78, 5) is 11.0. The van der Waals surface area contributed by atoms with Crippen LogP contribution in [-0.2, 0) is 11.2 Å². The third-order valence-corrected chi connectivity index (χ3v) is 2.72. The predicted octanol–water partition coefficient (Wildman–Crippen LogP) is 2.53. The molecule has 0 heterocycles. The Bertz CT molecular complexity index is 641. The van der Waals surface area contributed by atoms with Crippen LogP contribution in [0.4, 0.5) is 0 Å². The van der Waals surface area contributed by atoms with Crippen LogP contribution in [0.5, 0.6) is 5.75 Å². The third kappa shape index (κ3) is 2.80. The standard InChI is InChI=1S/C15H17NO2/c1-11(17)16-9-8-13-5-3-4-12-6-7-14(18-2)10-15(12)13/h3-7,10H,8-9H2,1-2H3,(H,16,17)/i9D2. The van der Waals surface area contributed by atoms with Crippen molar-refractivity contribution in [2.75, 3.05) is 13.6 Å². The van der Waals surface area contributed by atoms with E-state index in [0.717, 1.165) is 22.1 Å². The van der Waals surface area contributed by atoms with Crippen LogP contribution < -0.4 is 10.1 Å². The van der Waals surface area contributed by atoms with Crippen molar-refractivity contribution in [3.63, 3.8) is 0 Å². The van der Waals surface area contributed by atoms with E-state index in [1.54, 1.807) is 7.11 Å². The van der Waals surface area contributed by atoms with E-state index in [-0.39, 0.29) is 12.3 Å². The van der Waals surface area contributed by atoms with Gasteiger partial charge in [-0.1, -0.05) is 24.3 Å². The minimum absolute atomic E-state index is 0.108. The fourth-order valence-corrected chi connectivity index (χ4v) is 1.86. The van der Waals surface area contributed by atoms with Gasteiger partial charge in [-0.3, -0.25) is 4.79 Å². The molecule has 0 spiro atoms. The maximum Gasteiger partial charge on any atom is 0.216 e. The van der Waals surface area contributed by atoms with Gasteiger partial charge in [-0.15, -0.1) is 0 Å². The van der Waals surface area contributed by atoms with Crippen LogP contribution in [0.15, 0.2) is 36.4 Å². The van der Waals surface area contributed by atoms with Crippen molar-refractivity contribution < 1.29 is 12.3 Å². The third-order valence-electron chi connectivity index (χ3n) is 2.72. The van der Waals surface area contributed by atoms with Crippen LogP contribution in [0.3, 0.4) is 0 Å². The van der Waals surface area contributed by atoms with Crippen LogP contribution in [0.25, 0.3) is 10.8 Å². The van der Waals surface area contributed by atoms with Crippen LogP contribution >= 0.6 is 0 Å². The van der Waals surface area contributed by atoms with Gasteiger partial charge in [0.05, 0.1) is 7.11 Å². The molecule has 0 saturated carbocycles. The number of nitrogens with one attached hydrogen (secondary N) is 1. The molecule has 18 heavy (non-hydrogen) atoms. The van der Waals surface area contributed by atoms with Crippen molar-refractivity contribution in [3.8, 4) is 5.75 Å². The summed E-state index contributed by atoms with van der Waals surface area (Å²) >= 11 is 0. The first-order valence-corrected chi connectivity index (χ1v) is 5.76. The average molecular weight is 245 g/mol. The van der Waals surface area contributed by atoms with Crippen molar-refractivity contribution in [3.05, 3.63) is 42.0 Å². The maximum absolute atomic E-state index is 11.0. The number of ether oxygens (including phenoxy) is 1. The number of carbonyl (C=O) groups is 1. The first-order chi connectivity index (χ1) is 9.41. The van der Waals surface area contributed by atoms with Gasteiger partial charge in [0.2, 0.25) is 5.91 Å². The van der Waals surface area contributed by atoms with E-state index in [9.17, 15) is 4.79 Å². The van der Waals surface area contributed by atoms with Crippen molar-refractivity contribution >= 4 is 16.7 Å². The lowest BCUT2D eigenvalue weighted by Gasteiger charge is -2.08. The number of carbonyl (C=O) groups excluding carboxylic acids is 1. The van der Waals surface area contributed by atoms with Crippen LogP contribution in [0.2, 0.25) is 0 Å². The molecule has 2 rings (SSSR count). The van der Waals surface area contributed by atoms with Gasteiger partial charge in [-0.2, -0.15) is 0 Å². The quantitative estimate of drug-likeness (QED) is 0.899. The first kappa shape index (κ1) is 9.95. The molecule has 3 heteroatoms. The number of hydrogen-bond donors (Lipinski definition) is 1. The molecule has 0 bridgehead atoms. The molecule has 0 atom stereocenters. The summed E-state index contributed by atoms with van der Waals surface area (Å²) in [7, 11) is 1.60. The Balaban J connectivity index is 2.41. The van der Waals surface area contributed by atoms with Gasteiger partial charge in [-0.25, -0.2) is 0 Å². The van der Waals surface area contributed by atoms with E-state index < -0.39 is 6.50 Å². The Kier molecular flexibility index (Phi) is 3.06. The van der Waals surface area contributed by atoms with Crippen molar-refractivity contribution in [1.29, 1.82) is 0 Å². The Morgan fingerprint density at radius 1 is 1.39 bits per heavy atom. The summed E-state index contributed by atoms with van der Waals surface area (Å²) in [5, 5.41) is 4.27. The zero-order chi connectivity index (χ0) is 14.8. The number of amides is 1. The van der Waals surface area contributed by atoms with Crippen LogP contribution in [0.1, 0.15) is 15.2 Å². The zero-order valence-electron chi connectivity index (χ0n) is 12.5. The molecular weight excluding hydrogens is 226 g/mol. The normalized spacial score (nSPS) is 12.8. The predicted molar refractivity (Wildman–Crippen MR) is 72.9 cm³/mol. The van der Waals surface area contributed by atoms with E-state index >= 15 is 0 Å². The number of aryl methyl sites for hydroxylation is 1. The lowest BCUT2D eigenvalue weighted by Crippen LogP contribution is -2.22. The lowest BCUT2D eigenvalue weighted by atomic mass is 10.0. The molecule has 0 aliphatic carbocycles. The molecule has 1 amide bonds. The zero-order valence-corrected chi connectivity index (χ0v) is 10.5. The molecule has 3 nitrogen and oxygen atoms in total. The fourth-order valence-electron chi connectivity index (χ4n) is 1.86. The van der Waals surface area contributed by atoms with E-state index in [0.29, 0.717) is 0 Å². The maximum atomic E-state index is 11.0. The molecule has 0 fully saturated rings. The molecule has 94 valence electrons. The van der Waals surface area contributed by atoms with E-state index in [2.05, 4.69) is 5.32 Å². The monoisotopic (exact) mass is 245 g/mol. The average Bonchev–Trinajstić information content (AvgIpc) is 2.36. The Morgan fingerprint density at radius 3 is 2.94 bits per heavy atom. The molecule has 1 N–H and O–H groups in total. The Labute approximate surface area is 110 Å². The first-order valence-electron chi connectivity index (χ1n) is 6.76. The minimum atomic E-state index is -1.77. The summed E-state index contributed by atoms with van der Waals surface area (Å²) < 4.78 is 21.0. The number of methoxy groups -OCH3 is 1. The smallest absolute Gasteiger partial charge is 0.216 e. The van der Waals surface area contributed by atoms with Gasteiger partial charge in [-0.05, 0) is 34.9 Å². The topological polar surface area (TPSA) is 38.3 Å². The fraction of sp³-hybridized carbons (Fsp3) is 0.267. The van der Waals surface area contributed by atoms with Crippen LogP contribution in [0, 0.1) is 0 Å². The highest BCUT2D eigenvalue weighted by Crippen LogP contribution is 2.24. The molecule has 0 radical (unpaired) electrons. The molecule has 0 unspecified atom stereocenters. The SMILES string of the molecule is [2H]C([2H])(Cc1cccc2ccc(OC)cc12)NC(C)=O. The summed E-state index contributed by atoms with van der Waals surface area (Å²) in [5.74, 6) is 0.345. The van der Waals surface area contributed by atoms with Crippen LogP contribution in [-0.4, -0.2) is 19.5 Å². The molecule has 0 aliphatic heterocycles. The Hall–Kier alpha value is -2.03. The van der Waals surface area contributed by atoms with Crippen molar-refractivity contribution in [2.24, 2.45) is 0 Å². The second-order valence-electron chi connectivity index (χ2n) is 4.04. The van der Waals surface area contributed by atoms with Crippen molar-refractivity contribution in [1.82, 2.24) is 5.32 Å². The summed E-state index contributed by atoms with van der Waals surface area (Å²) in [5.41, 5.74) is 0.833. The van der Waals surface area contributed by atoms with E-state index in [4.69, 9.17) is 7.48 Å². The highest BCUT2D eigenvalue weighted by molar-refractivity contribution is 5.87. The van der Waals surface area contributed by atoms with E-state index in [1.807, 2.05) is 36.4 Å². The van der Waals surface area contributed by atoms with E-state index in [1.165, 1.54) is 6.92 Å². The highest BCUT2D eigenvalue weighted by atomic mass is 16.5. The van der Waals surface area contributed by atoms with Gasteiger partial charge in [0.15, 0.2) is 0 Å².